The number of morpholine rings is 1. The smallest absolute Gasteiger partial charge is 0.326 e. The molecule has 3 aliphatic rings. The van der Waals surface area contributed by atoms with Crippen LogP contribution in [0.5, 0.6) is 5.75 Å². The van der Waals surface area contributed by atoms with Gasteiger partial charge in [0, 0.05) is 61.9 Å². The van der Waals surface area contributed by atoms with Crippen molar-refractivity contribution in [2.75, 3.05) is 53.0 Å². The van der Waals surface area contributed by atoms with Gasteiger partial charge in [0.15, 0.2) is 0 Å². The molecule has 6 rings (SSSR count). The van der Waals surface area contributed by atoms with Crippen molar-refractivity contribution in [3.8, 4) is 5.75 Å². The summed E-state index contributed by atoms with van der Waals surface area (Å²) in [7, 11) is 1.56. The number of carbonyl (C=O) groups excluding carboxylic acids is 2. The third-order valence-electron chi connectivity index (χ3n) is 7.87. The van der Waals surface area contributed by atoms with Gasteiger partial charge in [-0.1, -0.05) is 30.8 Å². The van der Waals surface area contributed by atoms with Crippen LogP contribution in [0, 0.1) is 0 Å². The number of aromatic nitrogens is 1. The predicted molar refractivity (Wildman–Crippen MR) is 143 cm³/mol. The van der Waals surface area contributed by atoms with Crippen LogP contribution < -0.4 is 4.74 Å². The summed E-state index contributed by atoms with van der Waals surface area (Å²) in [6.07, 6.45) is 0. The number of hydrogen-bond acceptors (Lipinski definition) is 6. The quantitative estimate of drug-likeness (QED) is 0.485. The number of imide groups is 1. The number of nitrogens with zero attached hydrogens (tertiary/aromatic N) is 4. The summed E-state index contributed by atoms with van der Waals surface area (Å²) in [6, 6.07) is 13.4. The molecule has 1 atom stereocenters. The molecule has 0 unspecified atom stereocenters. The number of likely N-dealkylation sites (N-methyl/N-ethyl adjacent to an activating group) is 1. The van der Waals surface area contributed by atoms with Crippen molar-refractivity contribution < 1.29 is 24.2 Å². The molecule has 9 nitrogen and oxygen atoms in total. The SMILES string of the molecule is C=C(O)c1ccc(Cn2c3c(c4cc(OCCN5CCOCC5)ccc42)[C@H]2CN(C3)C(=O)N(C)C2=O)cc1. The minimum atomic E-state index is -0.408. The Hall–Kier alpha value is -3.82. The number of amides is 3. The zero-order valence-corrected chi connectivity index (χ0v) is 21.6. The van der Waals surface area contributed by atoms with Gasteiger partial charge in [-0.25, -0.2) is 4.79 Å². The van der Waals surface area contributed by atoms with Crippen LogP contribution in [-0.4, -0.2) is 89.4 Å². The summed E-state index contributed by atoms with van der Waals surface area (Å²) >= 11 is 0. The molecule has 4 heterocycles. The van der Waals surface area contributed by atoms with Crippen LogP contribution in [0.1, 0.15) is 28.3 Å². The van der Waals surface area contributed by atoms with E-state index in [1.54, 1.807) is 11.9 Å². The molecule has 198 valence electrons. The van der Waals surface area contributed by atoms with Gasteiger partial charge in [-0.15, -0.1) is 0 Å². The Morgan fingerprint density at radius 3 is 2.63 bits per heavy atom. The first-order valence-corrected chi connectivity index (χ1v) is 13.0. The normalized spacial score (nSPS) is 19.7. The average Bonchev–Trinajstić information content (AvgIpc) is 3.24. The first-order chi connectivity index (χ1) is 18.4. The van der Waals surface area contributed by atoms with E-state index in [1.807, 2.05) is 36.4 Å². The second kappa shape index (κ2) is 9.81. The highest BCUT2D eigenvalue weighted by Gasteiger charge is 2.44. The molecular formula is C29H32N4O5. The Morgan fingerprint density at radius 2 is 1.89 bits per heavy atom. The van der Waals surface area contributed by atoms with Gasteiger partial charge in [0.2, 0.25) is 5.91 Å². The van der Waals surface area contributed by atoms with E-state index >= 15 is 0 Å². The second-order valence-corrected chi connectivity index (χ2v) is 10.2. The van der Waals surface area contributed by atoms with Crippen LogP contribution in [0.25, 0.3) is 16.7 Å². The van der Waals surface area contributed by atoms with Crippen molar-refractivity contribution in [3.05, 3.63) is 71.4 Å². The number of benzene rings is 2. The minimum absolute atomic E-state index is 0.0308. The summed E-state index contributed by atoms with van der Waals surface area (Å²) in [5.41, 5.74) is 4.68. The van der Waals surface area contributed by atoms with Gasteiger partial charge in [0.05, 0.1) is 25.7 Å². The molecule has 0 aliphatic carbocycles. The van der Waals surface area contributed by atoms with Crippen LogP contribution in [0.2, 0.25) is 0 Å². The molecule has 9 heteroatoms. The lowest BCUT2D eigenvalue weighted by Gasteiger charge is -2.41. The standard InChI is InChI=1S/C29H32N4O5/c1-19(34)21-5-3-20(4-6-21)16-33-25-8-7-22(38-14-11-31-9-12-37-13-10-31)15-23(25)27-24-17-32(18-26(27)33)29(36)30(2)28(24)35/h3-8,15,24,34H,1,9-14,16-18H2,2H3/t24-/m1/s1. The first kappa shape index (κ1) is 24.5. The van der Waals surface area contributed by atoms with Gasteiger partial charge < -0.3 is 24.0 Å². The molecule has 2 saturated heterocycles. The van der Waals surface area contributed by atoms with Gasteiger partial charge >= 0.3 is 6.03 Å². The number of urea groups is 1. The highest BCUT2D eigenvalue weighted by atomic mass is 16.5. The van der Waals surface area contributed by atoms with Crippen molar-refractivity contribution >= 4 is 28.6 Å². The van der Waals surface area contributed by atoms with E-state index in [9.17, 15) is 14.7 Å². The van der Waals surface area contributed by atoms with Crippen LogP contribution in [0.15, 0.2) is 49.0 Å². The third-order valence-corrected chi connectivity index (χ3v) is 7.87. The van der Waals surface area contributed by atoms with Gasteiger partial charge in [-0.2, -0.15) is 0 Å². The monoisotopic (exact) mass is 516 g/mol. The number of carbonyl (C=O) groups is 2. The second-order valence-electron chi connectivity index (χ2n) is 10.2. The number of aliphatic hydroxyl groups is 1. The third kappa shape index (κ3) is 4.31. The fourth-order valence-corrected chi connectivity index (χ4v) is 5.79. The fourth-order valence-electron chi connectivity index (χ4n) is 5.79. The first-order valence-electron chi connectivity index (χ1n) is 13.0. The lowest BCUT2D eigenvalue weighted by molar-refractivity contribution is -0.132. The number of ether oxygens (including phenoxy) is 2. The molecule has 1 aromatic heterocycles. The Bertz CT molecular complexity index is 1410. The molecule has 0 saturated carbocycles. The largest absolute Gasteiger partial charge is 0.508 e. The minimum Gasteiger partial charge on any atom is -0.508 e. The van der Waals surface area contributed by atoms with Gasteiger partial charge in [0.1, 0.15) is 18.1 Å². The molecule has 3 aliphatic heterocycles. The molecule has 1 N–H and O–H groups in total. The zero-order valence-electron chi connectivity index (χ0n) is 21.6. The number of hydrogen-bond donors (Lipinski definition) is 1. The Morgan fingerprint density at radius 1 is 1.13 bits per heavy atom. The molecule has 38 heavy (non-hydrogen) atoms. The van der Waals surface area contributed by atoms with E-state index in [-0.39, 0.29) is 17.7 Å². The van der Waals surface area contributed by atoms with E-state index < -0.39 is 5.92 Å². The van der Waals surface area contributed by atoms with Crippen LogP contribution in [-0.2, 0) is 22.6 Å². The van der Waals surface area contributed by atoms with Crippen LogP contribution in [0.4, 0.5) is 4.79 Å². The molecule has 2 aromatic carbocycles. The van der Waals surface area contributed by atoms with Crippen molar-refractivity contribution in [3.63, 3.8) is 0 Å². The molecule has 0 radical (unpaired) electrons. The summed E-state index contributed by atoms with van der Waals surface area (Å²) in [4.78, 5) is 31.4. The van der Waals surface area contributed by atoms with Crippen molar-refractivity contribution in [1.29, 1.82) is 0 Å². The van der Waals surface area contributed by atoms with Gasteiger partial charge in [0.25, 0.3) is 0 Å². The maximum absolute atomic E-state index is 13.2. The molecule has 2 fully saturated rings. The van der Waals surface area contributed by atoms with Crippen molar-refractivity contribution in [1.82, 2.24) is 19.3 Å². The Kier molecular flexibility index (Phi) is 6.33. The van der Waals surface area contributed by atoms with E-state index in [0.717, 1.165) is 66.3 Å². The van der Waals surface area contributed by atoms with Crippen LogP contribution >= 0.6 is 0 Å². The Labute approximate surface area is 221 Å². The van der Waals surface area contributed by atoms with Gasteiger partial charge in [-0.05, 0) is 29.3 Å². The van der Waals surface area contributed by atoms with Gasteiger partial charge in [-0.3, -0.25) is 14.6 Å². The average molecular weight is 517 g/mol. The van der Waals surface area contributed by atoms with Crippen molar-refractivity contribution in [2.24, 2.45) is 0 Å². The predicted octanol–water partition coefficient (Wildman–Crippen LogP) is 3.42. The Balaban J connectivity index is 1.36. The maximum atomic E-state index is 13.2. The number of rotatable bonds is 7. The van der Waals surface area contributed by atoms with E-state index in [4.69, 9.17) is 9.47 Å². The number of aliphatic hydroxyl groups excluding tert-OH is 1. The fraction of sp³-hybridized carbons (Fsp3) is 0.379. The lowest BCUT2D eigenvalue weighted by Crippen LogP contribution is -2.56. The molecule has 2 bridgehead atoms. The highest BCUT2D eigenvalue weighted by molar-refractivity contribution is 6.04. The summed E-state index contributed by atoms with van der Waals surface area (Å²) in [5.74, 6) is 0.222. The summed E-state index contributed by atoms with van der Waals surface area (Å²) < 4.78 is 13.8. The molecule has 0 spiro atoms. The van der Waals surface area contributed by atoms with E-state index in [1.165, 1.54) is 4.90 Å². The zero-order chi connectivity index (χ0) is 26.4. The lowest BCUT2D eigenvalue weighted by atomic mass is 9.89. The molecular weight excluding hydrogens is 484 g/mol. The van der Waals surface area contributed by atoms with E-state index in [0.29, 0.717) is 31.8 Å². The summed E-state index contributed by atoms with van der Waals surface area (Å²) in [5, 5.41) is 10.7. The molecule has 3 amide bonds. The van der Waals surface area contributed by atoms with Crippen molar-refractivity contribution in [2.45, 2.75) is 19.0 Å². The molecule has 3 aromatic rings. The topological polar surface area (TPSA) is 87.5 Å². The maximum Gasteiger partial charge on any atom is 0.326 e. The van der Waals surface area contributed by atoms with E-state index in [2.05, 4.69) is 22.1 Å². The van der Waals surface area contributed by atoms with Crippen LogP contribution in [0.3, 0.4) is 0 Å². The highest BCUT2D eigenvalue weighted by Crippen LogP contribution is 2.41. The number of fused-ring (bicyclic) bond motifs is 6. The summed E-state index contributed by atoms with van der Waals surface area (Å²) in [6.45, 7) is 9.75.